The topological polar surface area (TPSA) is 51.7 Å². The second kappa shape index (κ2) is 8.25. The number of fused-ring (bicyclic) bond motifs is 1. The summed E-state index contributed by atoms with van der Waals surface area (Å²) in [5.74, 6) is 1.56. The highest BCUT2D eigenvalue weighted by Gasteiger charge is 2.26. The second-order valence-electron chi connectivity index (χ2n) is 7.17. The van der Waals surface area contributed by atoms with Crippen molar-refractivity contribution in [3.05, 3.63) is 57.9 Å². The molecule has 0 radical (unpaired) electrons. The molecule has 6 heteroatoms. The third-order valence-corrected chi connectivity index (χ3v) is 5.75. The van der Waals surface area contributed by atoms with Crippen LogP contribution in [0.15, 0.2) is 42.5 Å². The number of aromatic nitrogens is 1. The largest absolute Gasteiger partial charge is 0.494 e. The Bertz CT molecular complexity index is 1040. The Balaban J connectivity index is 1.49. The average Bonchev–Trinajstić information content (AvgIpc) is 3.04. The zero-order chi connectivity index (χ0) is 20.4. The number of hydrogen-bond acceptors (Lipinski definition) is 5. The molecule has 0 fully saturated rings. The number of anilines is 1. The van der Waals surface area contributed by atoms with E-state index in [0.717, 1.165) is 39.9 Å². The molecule has 0 unspecified atom stereocenters. The number of hydrogen-bond donors (Lipinski definition) is 0. The van der Waals surface area contributed by atoms with E-state index >= 15 is 0 Å². The van der Waals surface area contributed by atoms with Gasteiger partial charge in [-0.1, -0.05) is 12.1 Å². The van der Waals surface area contributed by atoms with Crippen LogP contribution in [0.1, 0.15) is 21.9 Å². The van der Waals surface area contributed by atoms with Gasteiger partial charge in [-0.3, -0.25) is 4.79 Å². The normalized spacial score (nSPS) is 13.2. The lowest BCUT2D eigenvalue weighted by Gasteiger charge is -2.29. The number of nitrogens with zero attached hydrogens (tertiary/aromatic N) is 2. The van der Waals surface area contributed by atoms with Gasteiger partial charge >= 0.3 is 0 Å². The molecular formula is C23H24N2O3S. The molecule has 1 aromatic heterocycles. The average molecular weight is 409 g/mol. The molecule has 0 saturated heterocycles. The first kappa shape index (κ1) is 19.5. The fourth-order valence-corrected chi connectivity index (χ4v) is 4.35. The molecule has 0 aliphatic carbocycles. The first-order valence-electron chi connectivity index (χ1n) is 9.72. The third-order valence-electron chi connectivity index (χ3n) is 4.86. The minimum Gasteiger partial charge on any atom is -0.494 e. The predicted molar refractivity (Wildman–Crippen MR) is 116 cm³/mol. The monoisotopic (exact) mass is 408 g/mol. The summed E-state index contributed by atoms with van der Waals surface area (Å²) in [5, 5.41) is 1.03. The van der Waals surface area contributed by atoms with E-state index < -0.39 is 0 Å². The van der Waals surface area contributed by atoms with Crippen LogP contribution in [0.5, 0.6) is 11.5 Å². The van der Waals surface area contributed by atoms with E-state index in [9.17, 15) is 4.79 Å². The molecule has 0 atom stereocenters. The number of rotatable bonds is 6. The lowest BCUT2D eigenvalue weighted by molar-refractivity contribution is -0.121. The highest BCUT2D eigenvalue weighted by molar-refractivity contribution is 7.11. The van der Waals surface area contributed by atoms with Gasteiger partial charge in [0, 0.05) is 17.0 Å². The van der Waals surface area contributed by atoms with Crippen molar-refractivity contribution in [3.63, 3.8) is 0 Å². The first-order chi connectivity index (χ1) is 14.0. The molecule has 2 heterocycles. The number of ether oxygens (including phenoxy) is 2. The lowest BCUT2D eigenvalue weighted by Crippen LogP contribution is -2.39. The van der Waals surface area contributed by atoms with Gasteiger partial charge < -0.3 is 14.4 Å². The van der Waals surface area contributed by atoms with Gasteiger partial charge in [0.2, 0.25) is 0 Å². The van der Waals surface area contributed by atoms with Gasteiger partial charge in [0.1, 0.15) is 11.5 Å². The summed E-state index contributed by atoms with van der Waals surface area (Å²) in [5.41, 5.74) is 3.94. The van der Waals surface area contributed by atoms with Crippen molar-refractivity contribution < 1.29 is 14.3 Å². The summed E-state index contributed by atoms with van der Waals surface area (Å²) in [7, 11) is 0. The standard InChI is InChI=1S/C23H24N2O3S/c1-15-6-4-7-19(12-15)27-11-5-10-25-20-13-18(23-16(2)29-17(3)24-23)8-9-21(20)28-14-22(25)26/h4,6-9,12-13H,5,10-11,14H2,1-3H3. The van der Waals surface area contributed by atoms with Crippen LogP contribution in [0.25, 0.3) is 11.3 Å². The highest BCUT2D eigenvalue weighted by atomic mass is 32.1. The summed E-state index contributed by atoms with van der Waals surface area (Å²) in [6.07, 6.45) is 0.734. The van der Waals surface area contributed by atoms with Crippen LogP contribution in [-0.4, -0.2) is 30.6 Å². The van der Waals surface area contributed by atoms with Crippen molar-refractivity contribution in [3.8, 4) is 22.8 Å². The number of benzene rings is 2. The molecule has 150 valence electrons. The Kier molecular flexibility index (Phi) is 5.53. The van der Waals surface area contributed by atoms with Gasteiger partial charge in [-0.15, -0.1) is 11.3 Å². The molecule has 3 aromatic rings. The van der Waals surface area contributed by atoms with E-state index in [1.165, 1.54) is 10.4 Å². The maximum absolute atomic E-state index is 12.5. The van der Waals surface area contributed by atoms with Crippen molar-refractivity contribution in [2.45, 2.75) is 27.2 Å². The summed E-state index contributed by atoms with van der Waals surface area (Å²) < 4.78 is 11.5. The molecule has 2 aromatic carbocycles. The summed E-state index contributed by atoms with van der Waals surface area (Å²) in [4.78, 5) is 20.1. The molecule has 29 heavy (non-hydrogen) atoms. The fourth-order valence-electron chi connectivity index (χ4n) is 3.51. The van der Waals surface area contributed by atoms with Crippen LogP contribution >= 0.6 is 11.3 Å². The molecule has 5 nitrogen and oxygen atoms in total. The third kappa shape index (κ3) is 4.27. The van der Waals surface area contributed by atoms with Gasteiger partial charge in [-0.2, -0.15) is 0 Å². The molecule has 0 N–H and O–H groups in total. The van der Waals surface area contributed by atoms with Crippen molar-refractivity contribution in [2.75, 3.05) is 24.7 Å². The number of aryl methyl sites for hydroxylation is 3. The van der Waals surface area contributed by atoms with Gasteiger partial charge in [0.05, 0.1) is 23.0 Å². The Morgan fingerprint density at radius 2 is 2.03 bits per heavy atom. The second-order valence-corrected chi connectivity index (χ2v) is 8.58. The zero-order valence-corrected chi connectivity index (χ0v) is 17.7. The van der Waals surface area contributed by atoms with Crippen LogP contribution in [0.2, 0.25) is 0 Å². The zero-order valence-electron chi connectivity index (χ0n) is 16.9. The Labute approximate surface area is 174 Å². The quantitative estimate of drug-likeness (QED) is 0.543. The number of carbonyl (C=O) groups excluding carboxylic acids is 1. The van der Waals surface area contributed by atoms with Crippen LogP contribution in [0, 0.1) is 20.8 Å². The number of amides is 1. The SMILES string of the molecule is Cc1cccc(OCCCN2C(=O)COc3ccc(-c4nc(C)sc4C)cc32)c1. The number of carbonyl (C=O) groups is 1. The van der Waals surface area contributed by atoms with E-state index in [2.05, 4.69) is 11.9 Å². The van der Waals surface area contributed by atoms with Crippen LogP contribution < -0.4 is 14.4 Å². The molecule has 0 bridgehead atoms. The first-order valence-corrected chi connectivity index (χ1v) is 10.5. The van der Waals surface area contributed by atoms with Crippen molar-refractivity contribution in [2.24, 2.45) is 0 Å². The van der Waals surface area contributed by atoms with Crippen molar-refractivity contribution >= 4 is 22.9 Å². The minimum absolute atomic E-state index is 0.0311. The maximum atomic E-state index is 12.5. The molecular weight excluding hydrogens is 384 g/mol. The Hall–Kier alpha value is -2.86. The summed E-state index contributed by atoms with van der Waals surface area (Å²) in [6.45, 7) is 7.32. The summed E-state index contributed by atoms with van der Waals surface area (Å²) >= 11 is 1.68. The van der Waals surface area contributed by atoms with Gasteiger partial charge in [0.25, 0.3) is 5.91 Å². The van der Waals surface area contributed by atoms with Crippen molar-refractivity contribution in [1.82, 2.24) is 4.98 Å². The van der Waals surface area contributed by atoms with E-state index in [4.69, 9.17) is 9.47 Å². The summed E-state index contributed by atoms with van der Waals surface area (Å²) in [6, 6.07) is 13.9. The molecule has 4 rings (SSSR count). The van der Waals surface area contributed by atoms with Gasteiger partial charge in [-0.05, 0) is 63.1 Å². The van der Waals surface area contributed by atoms with Crippen LogP contribution in [0.3, 0.4) is 0 Å². The van der Waals surface area contributed by atoms with E-state index in [1.54, 1.807) is 16.2 Å². The minimum atomic E-state index is -0.0311. The molecule has 0 spiro atoms. The van der Waals surface area contributed by atoms with E-state index in [1.807, 2.05) is 56.3 Å². The Morgan fingerprint density at radius 3 is 2.79 bits per heavy atom. The Morgan fingerprint density at radius 1 is 1.17 bits per heavy atom. The highest BCUT2D eigenvalue weighted by Crippen LogP contribution is 2.37. The lowest BCUT2D eigenvalue weighted by atomic mass is 10.1. The molecule has 1 aliphatic rings. The molecule has 1 amide bonds. The van der Waals surface area contributed by atoms with Crippen LogP contribution in [-0.2, 0) is 4.79 Å². The molecule has 0 saturated carbocycles. The van der Waals surface area contributed by atoms with Gasteiger partial charge in [-0.25, -0.2) is 4.98 Å². The maximum Gasteiger partial charge on any atom is 0.265 e. The fraction of sp³-hybridized carbons (Fsp3) is 0.304. The van der Waals surface area contributed by atoms with E-state index in [0.29, 0.717) is 13.2 Å². The van der Waals surface area contributed by atoms with Crippen molar-refractivity contribution in [1.29, 1.82) is 0 Å². The van der Waals surface area contributed by atoms with Gasteiger partial charge in [0.15, 0.2) is 6.61 Å². The van der Waals surface area contributed by atoms with E-state index in [-0.39, 0.29) is 12.5 Å². The smallest absolute Gasteiger partial charge is 0.265 e. The molecule has 1 aliphatic heterocycles. The number of thiazole rings is 1. The van der Waals surface area contributed by atoms with Crippen LogP contribution in [0.4, 0.5) is 5.69 Å². The predicted octanol–water partition coefficient (Wildman–Crippen LogP) is 4.93.